The molecule has 1 aliphatic heterocycles. The lowest BCUT2D eigenvalue weighted by molar-refractivity contribution is 0.103. The summed E-state index contributed by atoms with van der Waals surface area (Å²) in [5.74, 6) is 1.70. The van der Waals surface area contributed by atoms with Crippen molar-refractivity contribution in [2.24, 2.45) is 0 Å². The van der Waals surface area contributed by atoms with Crippen LogP contribution in [0.5, 0.6) is 11.5 Å². The maximum atomic E-state index is 13.0. The van der Waals surface area contributed by atoms with E-state index in [2.05, 4.69) is 5.16 Å². The molecule has 0 unspecified atom stereocenters. The van der Waals surface area contributed by atoms with Crippen molar-refractivity contribution in [1.29, 1.82) is 0 Å². The molecule has 0 amide bonds. The predicted molar refractivity (Wildman–Crippen MR) is 105 cm³/mol. The first-order valence-electron chi connectivity index (χ1n) is 8.79. The molecule has 138 valence electrons. The van der Waals surface area contributed by atoms with Crippen molar-refractivity contribution in [3.63, 3.8) is 0 Å². The Morgan fingerprint density at radius 2 is 1.68 bits per heavy atom. The molecule has 0 fully saturated rings. The average molecular weight is 392 g/mol. The maximum absolute atomic E-state index is 13.0. The number of nitrogens with zero attached hydrogens (tertiary/aromatic N) is 1. The number of halogens is 1. The van der Waals surface area contributed by atoms with Crippen molar-refractivity contribution in [2.75, 3.05) is 13.2 Å². The fraction of sp³-hybridized carbons (Fsp3) is 0.0909. The lowest BCUT2D eigenvalue weighted by Gasteiger charge is -2.18. The molecule has 1 aromatic heterocycles. The van der Waals surface area contributed by atoms with E-state index in [-0.39, 0.29) is 5.78 Å². The van der Waals surface area contributed by atoms with E-state index < -0.39 is 0 Å². The average Bonchev–Trinajstić information content (AvgIpc) is 3.16. The summed E-state index contributed by atoms with van der Waals surface area (Å²) in [5.41, 5.74) is 2.55. The van der Waals surface area contributed by atoms with E-state index >= 15 is 0 Å². The summed E-state index contributed by atoms with van der Waals surface area (Å²) in [5, 5.41) is 5.45. The second-order valence-corrected chi connectivity index (χ2v) is 6.88. The quantitative estimate of drug-likeness (QED) is 0.452. The molecule has 0 saturated carbocycles. The summed E-state index contributed by atoms with van der Waals surface area (Å²) in [6.45, 7) is 0.983. The lowest BCUT2D eigenvalue weighted by atomic mass is 10.00. The fourth-order valence-electron chi connectivity index (χ4n) is 3.27. The maximum Gasteiger partial charge on any atom is 0.193 e. The van der Waals surface area contributed by atoms with Crippen LogP contribution in [0, 0.1) is 0 Å². The molecule has 0 saturated heterocycles. The molecular weight excluding hydrogens is 378 g/mol. The van der Waals surface area contributed by atoms with Crippen molar-refractivity contribution in [1.82, 2.24) is 5.16 Å². The molecule has 0 aliphatic carbocycles. The van der Waals surface area contributed by atoms with Crippen LogP contribution in [0.25, 0.3) is 22.2 Å². The van der Waals surface area contributed by atoms with Crippen molar-refractivity contribution >= 4 is 28.3 Å². The number of hydrogen-bond donors (Lipinski definition) is 0. The summed E-state index contributed by atoms with van der Waals surface area (Å²) < 4.78 is 16.6. The van der Waals surface area contributed by atoms with Crippen LogP contribution in [0.1, 0.15) is 15.9 Å². The van der Waals surface area contributed by atoms with E-state index in [0.29, 0.717) is 52.1 Å². The van der Waals surface area contributed by atoms with Crippen LogP contribution < -0.4 is 9.47 Å². The van der Waals surface area contributed by atoms with Gasteiger partial charge in [-0.2, -0.15) is 0 Å². The van der Waals surface area contributed by atoms with Gasteiger partial charge in [0.2, 0.25) is 0 Å². The molecule has 0 bridgehead atoms. The highest BCUT2D eigenvalue weighted by atomic mass is 35.5. The zero-order valence-electron chi connectivity index (χ0n) is 14.6. The number of aromatic nitrogens is 1. The molecule has 2 heterocycles. The van der Waals surface area contributed by atoms with Crippen molar-refractivity contribution < 1.29 is 18.8 Å². The topological polar surface area (TPSA) is 61.6 Å². The van der Waals surface area contributed by atoms with Gasteiger partial charge in [0.25, 0.3) is 0 Å². The van der Waals surface area contributed by atoms with Crippen LogP contribution in [0.4, 0.5) is 0 Å². The second kappa shape index (κ2) is 6.69. The van der Waals surface area contributed by atoms with Crippen molar-refractivity contribution in [3.8, 4) is 22.8 Å². The summed E-state index contributed by atoms with van der Waals surface area (Å²) in [7, 11) is 0. The number of fused-ring (bicyclic) bond motifs is 2. The molecule has 5 rings (SSSR count). The predicted octanol–water partition coefficient (Wildman–Crippen LogP) is 5.15. The van der Waals surface area contributed by atoms with Gasteiger partial charge < -0.3 is 14.0 Å². The Labute approximate surface area is 165 Å². The minimum absolute atomic E-state index is 0.114. The van der Waals surface area contributed by atoms with Gasteiger partial charge in [-0.25, -0.2) is 0 Å². The lowest BCUT2D eigenvalue weighted by Crippen LogP contribution is -2.15. The largest absolute Gasteiger partial charge is 0.486 e. The molecular formula is C22H14ClNO4. The summed E-state index contributed by atoms with van der Waals surface area (Å²) in [6, 6.07) is 17.9. The van der Waals surface area contributed by atoms with Gasteiger partial charge in [0, 0.05) is 21.7 Å². The van der Waals surface area contributed by atoms with E-state index in [4.69, 9.17) is 25.6 Å². The normalized spacial score (nSPS) is 12.9. The Balaban J connectivity index is 1.56. The van der Waals surface area contributed by atoms with Crippen LogP contribution >= 0.6 is 11.6 Å². The van der Waals surface area contributed by atoms with Gasteiger partial charge in [-0.1, -0.05) is 28.9 Å². The summed E-state index contributed by atoms with van der Waals surface area (Å²) in [4.78, 5) is 13.0. The number of benzene rings is 3. The minimum atomic E-state index is -0.114. The van der Waals surface area contributed by atoms with Crippen LogP contribution in [-0.4, -0.2) is 24.2 Å². The first kappa shape index (κ1) is 16.8. The summed E-state index contributed by atoms with van der Waals surface area (Å²) in [6.07, 6.45) is 0. The van der Waals surface area contributed by atoms with Crippen LogP contribution in [-0.2, 0) is 0 Å². The highest BCUT2D eigenvalue weighted by Gasteiger charge is 2.18. The van der Waals surface area contributed by atoms with Gasteiger partial charge in [0.1, 0.15) is 18.7 Å². The molecule has 3 aromatic carbocycles. The molecule has 28 heavy (non-hydrogen) atoms. The smallest absolute Gasteiger partial charge is 0.193 e. The molecule has 0 spiro atoms. The van der Waals surface area contributed by atoms with E-state index in [1.54, 1.807) is 48.5 Å². The molecule has 0 atom stereocenters. The number of hydrogen-bond acceptors (Lipinski definition) is 5. The molecule has 6 heteroatoms. The standard InChI is InChI=1S/C22H14ClNO4/c23-16-3-1-2-15(10-16)22-17-11-13(4-6-18(17)24-28-22)21(25)14-5-7-19-20(12-14)27-9-8-26-19/h1-7,10-12H,8-9H2. The van der Waals surface area contributed by atoms with E-state index in [1.165, 1.54) is 0 Å². The van der Waals surface area contributed by atoms with Gasteiger partial charge >= 0.3 is 0 Å². The zero-order valence-corrected chi connectivity index (χ0v) is 15.4. The molecule has 0 N–H and O–H groups in total. The molecule has 0 radical (unpaired) electrons. The van der Waals surface area contributed by atoms with Gasteiger partial charge in [0.05, 0.1) is 5.39 Å². The molecule has 4 aromatic rings. The van der Waals surface area contributed by atoms with Crippen LogP contribution in [0.2, 0.25) is 5.02 Å². The Kier molecular flexibility index (Phi) is 4.02. The third kappa shape index (κ3) is 2.90. The number of ether oxygens (including phenoxy) is 2. The minimum Gasteiger partial charge on any atom is -0.486 e. The highest BCUT2D eigenvalue weighted by Crippen LogP contribution is 2.33. The number of rotatable bonds is 3. The van der Waals surface area contributed by atoms with E-state index in [0.717, 1.165) is 10.9 Å². The highest BCUT2D eigenvalue weighted by molar-refractivity contribution is 6.30. The van der Waals surface area contributed by atoms with Crippen LogP contribution in [0.3, 0.4) is 0 Å². The van der Waals surface area contributed by atoms with Crippen LogP contribution in [0.15, 0.2) is 65.2 Å². The first-order valence-corrected chi connectivity index (χ1v) is 9.16. The number of carbonyl (C=O) groups is 1. The Bertz CT molecular complexity index is 1210. The van der Waals surface area contributed by atoms with Crippen molar-refractivity contribution in [2.45, 2.75) is 0 Å². The zero-order chi connectivity index (χ0) is 19.1. The molecule has 5 nitrogen and oxygen atoms in total. The third-order valence-corrected chi connectivity index (χ3v) is 4.86. The summed E-state index contributed by atoms with van der Waals surface area (Å²) >= 11 is 6.09. The third-order valence-electron chi connectivity index (χ3n) is 4.63. The Morgan fingerprint density at radius 3 is 2.54 bits per heavy atom. The Morgan fingerprint density at radius 1 is 0.893 bits per heavy atom. The van der Waals surface area contributed by atoms with Gasteiger partial charge in [-0.3, -0.25) is 4.79 Å². The van der Waals surface area contributed by atoms with E-state index in [1.807, 2.05) is 12.1 Å². The molecule has 1 aliphatic rings. The van der Waals surface area contributed by atoms with Gasteiger partial charge in [0.15, 0.2) is 23.0 Å². The van der Waals surface area contributed by atoms with Crippen molar-refractivity contribution in [3.05, 3.63) is 76.8 Å². The Hall–Kier alpha value is -3.31. The SMILES string of the molecule is O=C(c1ccc2c(c1)OCCO2)c1ccc2noc(-c3cccc(Cl)c3)c2c1. The number of carbonyl (C=O) groups excluding carboxylic acids is 1. The van der Waals surface area contributed by atoms with E-state index in [9.17, 15) is 4.79 Å². The fourth-order valence-corrected chi connectivity index (χ4v) is 3.46. The second-order valence-electron chi connectivity index (χ2n) is 6.44. The monoisotopic (exact) mass is 391 g/mol. The number of ketones is 1. The van der Waals surface area contributed by atoms with Gasteiger partial charge in [-0.05, 0) is 48.5 Å². The first-order chi connectivity index (χ1) is 13.7. The van der Waals surface area contributed by atoms with Gasteiger partial charge in [-0.15, -0.1) is 0 Å².